The normalized spacial score (nSPS) is 14.6. The first-order chi connectivity index (χ1) is 20.1. The number of rotatable bonds is 15. The van der Waals surface area contributed by atoms with Crippen LogP contribution in [0.3, 0.4) is 0 Å². The Balaban J connectivity index is 0.940. The predicted octanol–water partition coefficient (Wildman–Crippen LogP) is 6.15. The zero-order valence-electron chi connectivity index (χ0n) is 23.4. The van der Waals surface area contributed by atoms with Crippen LogP contribution in [0, 0.1) is 5.82 Å². The Morgan fingerprint density at radius 1 is 0.902 bits per heavy atom. The van der Waals surface area contributed by atoms with Crippen molar-refractivity contribution in [2.24, 2.45) is 0 Å². The number of hydrogen-bond donors (Lipinski definition) is 1. The molecular weight excluding hydrogens is 541 g/mol. The second kappa shape index (κ2) is 15.3. The van der Waals surface area contributed by atoms with Gasteiger partial charge in [0.25, 0.3) is 0 Å². The van der Waals surface area contributed by atoms with Gasteiger partial charge in [0, 0.05) is 55.9 Å². The van der Waals surface area contributed by atoms with Crippen LogP contribution < -0.4 is 10.1 Å². The zero-order valence-corrected chi connectivity index (χ0v) is 24.2. The Morgan fingerprint density at radius 3 is 2.51 bits per heavy atom. The number of benzene rings is 3. The molecule has 1 aliphatic rings. The Labute approximate surface area is 247 Å². The highest BCUT2D eigenvalue weighted by molar-refractivity contribution is 6.30. The molecule has 4 aromatic rings. The van der Waals surface area contributed by atoms with Crippen LogP contribution in [-0.2, 0) is 22.6 Å². The Morgan fingerprint density at radius 2 is 1.71 bits per heavy atom. The molecule has 218 valence electrons. The van der Waals surface area contributed by atoms with Crippen molar-refractivity contribution in [1.29, 1.82) is 0 Å². The molecular formula is C33H39ClFN3O3. The van der Waals surface area contributed by atoms with Crippen molar-refractivity contribution >= 4 is 22.5 Å². The molecule has 6 nitrogen and oxygen atoms in total. The minimum Gasteiger partial charge on any atom is -0.492 e. The summed E-state index contributed by atoms with van der Waals surface area (Å²) < 4.78 is 34.1. The maximum atomic E-state index is 14.4. The second-order valence-electron chi connectivity index (χ2n) is 10.4. The van der Waals surface area contributed by atoms with Crippen LogP contribution in [0.25, 0.3) is 10.9 Å². The fraction of sp³-hybridized carbons (Fsp3) is 0.394. The van der Waals surface area contributed by atoms with E-state index in [2.05, 4.69) is 20.9 Å². The Hall–Kier alpha value is -2.94. The van der Waals surface area contributed by atoms with Gasteiger partial charge in [-0.1, -0.05) is 41.9 Å². The number of nitrogens with zero attached hydrogens (tertiary/aromatic N) is 2. The molecule has 41 heavy (non-hydrogen) atoms. The van der Waals surface area contributed by atoms with E-state index >= 15 is 0 Å². The van der Waals surface area contributed by atoms with Crippen molar-refractivity contribution in [2.75, 3.05) is 52.6 Å². The lowest BCUT2D eigenvalue weighted by atomic mass is 10.1. The number of ether oxygens (including phenoxy) is 3. The van der Waals surface area contributed by atoms with Crippen LogP contribution in [0.5, 0.6) is 5.75 Å². The van der Waals surface area contributed by atoms with Crippen LogP contribution in [0.4, 0.5) is 4.39 Å². The van der Waals surface area contributed by atoms with E-state index in [4.69, 9.17) is 25.8 Å². The molecule has 0 unspecified atom stereocenters. The van der Waals surface area contributed by atoms with Crippen molar-refractivity contribution in [3.63, 3.8) is 0 Å². The maximum Gasteiger partial charge on any atom is 0.125 e. The highest BCUT2D eigenvalue weighted by atomic mass is 35.5. The van der Waals surface area contributed by atoms with Crippen molar-refractivity contribution in [2.45, 2.75) is 32.0 Å². The SMILES string of the molecule is Fc1cc(CNCCOCCOC2CCN(CCOc3ccccc3)CC2)c2ccn(Cc3ccc(Cl)cc3)c2c1. The molecule has 0 amide bonds. The fourth-order valence-corrected chi connectivity index (χ4v) is 5.38. The Bertz CT molecular complexity index is 1340. The maximum absolute atomic E-state index is 14.4. The van der Waals surface area contributed by atoms with Crippen LogP contribution in [-0.4, -0.2) is 68.2 Å². The minimum atomic E-state index is -0.231. The van der Waals surface area contributed by atoms with E-state index in [-0.39, 0.29) is 5.82 Å². The van der Waals surface area contributed by atoms with E-state index < -0.39 is 0 Å². The molecule has 0 saturated carbocycles. The van der Waals surface area contributed by atoms with Gasteiger partial charge in [0.05, 0.1) is 31.4 Å². The lowest BCUT2D eigenvalue weighted by Crippen LogP contribution is -2.39. The zero-order chi connectivity index (χ0) is 28.3. The van der Waals surface area contributed by atoms with Crippen molar-refractivity contribution in [3.05, 3.63) is 101 Å². The van der Waals surface area contributed by atoms with Gasteiger partial charge in [-0.3, -0.25) is 4.90 Å². The standard InChI is InChI=1S/C33H39ClFN3O3/c34-28-8-6-26(7-9-28)25-38-16-12-32-27(22-29(35)23-33(32)38)24-36-13-18-39-20-21-41-31-10-14-37(15-11-31)17-19-40-30-4-2-1-3-5-30/h1-9,12,16,22-23,31,36H,10-11,13-15,17-21,24-25H2. The first kappa shape index (κ1) is 29.5. The van der Waals surface area contributed by atoms with Gasteiger partial charge >= 0.3 is 0 Å². The summed E-state index contributed by atoms with van der Waals surface area (Å²) in [6.45, 7) is 7.40. The highest BCUT2D eigenvalue weighted by Crippen LogP contribution is 2.24. The summed E-state index contributed by atoms with van der Waals surface area (Å²) in [6, 6.07) is 23.0. The molecule has 0 aliphatic carbocycles. The number of halogens is 2. The molecule has 0 bridgehead atoms. The van der Waals surface area contributed by atoms with E-state index in [1.165, 1.54) is 0 Å². The first-order valence-electron chi connectivity index (χ1n) is 14.5. The summed E-state index contributed by atoms with van der Waals surface area (Å²) in [5, 5.41) is 5.15. The smallest absolute Gasteiger partial charge is 0.125 e. The lowest BCUT2D eigenvalue weighted by molar-refractivity contribution is -0.0229. The summed E-state index contributed by atoms with van der Waals surface area (Å²) in [7, 11) is 0. The van der Waals surface area contributed by atoms with Crippen LogP contribution in [0.2, 0.25) is 5.02 Å². The van der Waals surface area contributed by atoms with Crippen molar-refractivity contribution < 1.29 is 18.6 Å². The average molecular weight is 580 g/mol. The van der Waals surface area contributed by atoms with E-state index in [0.29, 0.717) is 57.2 Å². The van der Waals surface area contributed by atoms with E-state index in [0.717, 1.165) is 60.3 Å². The topological polar surface area (TPSA) is 47.9 Å². The number of hydrogen-bond acceptors (Lipinski definition) is 5. The van der Waals surface area contributed by atoms with Gasteiger partial charge in [0.15, 0.2) is 0 Å². The number of fused-ring (bicyclic) bond motifs is 1. The monoisotopic (exact) mass is 579 g/mol. The summed E-state index contributed by atoms with van der Waals surface area (Å²) in [6.07, 6.45) is 4.38. The van der Waals surface area contributed by atoms with E-state index in [1.54, 1.807) is 12.1 Å². The number of piperidine rings is 1. The van der Waals surface area contributed by atoms with Crippen LogP contribution in [0.15, 0.2) is 79.0 Å². The summed E-state index contributed by atoms with van der Waals surface area (Å²) in [5.74, 6) is 0.693. The third-order valence-corrected chi connectivity index (χ3v) is 7.73. The highest BCUT2D eigenvalue weighted by Gasteiger charge is 2.19. The van der Waals surface area contributed by atoms with Gasteiger partial charge in [-0.15, -0.1) is 0 Å². The van der Waals surface area contributed by atoms with Crippen LogP contribution in [0.1, 0.15) is 24.0 Å². The summed E-state index contributed by atoms with van der Waals surface area (Å²) >= 11 is 6.01. The second-order valence-corrected chi connectivity index (χ2v) is 10.9. The molecule has 1 saturated heterocycles. The molecule has 1 fully saturated rings. The third-order valence-electron chi connectivity index (χ3n) is 7.48. The molecule has 8 heteroatoms. The van der Waals surface area contributed by atoms with Crippen LogP contribution >= 0.6 is 11.6 Å². The summed E-state index contributed by atoms with van der Waals surface area (Å²) in [4.78, 5) is 2.44. The van der Waals surface area contributed by atoms with E-state index in [1.807, 2.05) is 60.8 Å². The van der Waals surface area contributed by atoms with Gasteiger partial charge in [-0.25, -0.2) is 4.39 Å². The first-order valence-corrected chi connectivity index (χ1v) is 14.8. The molecule has 1 aliphatic heterocycles. The largest absolute Gasteiger partial charge is 0.492 e. The van der Waals surface area contributed by atoms with Crippen molar-refractivity contribution in [3.8, 4) is 5.75 Å². The van der Waals surface area contributed by atoms with Gasteiger partial charge < -0.3 is 24.1 Å². The lowest BCUT2D eigenvalue weighted by Gasteiger charge is -2.31. The molecule has 2 heterocycles. The molecule has 1 N–H and O–H groups in total. The molecule has 1 aromatic heterocycles. The number of likely N-dealkylation sites (tertiary alicyclic amines) is 1. The molecule has 5 rings (SSSR count). The molecule has 0 radical (unpaired) electrons. The minimum absolute atomic E-state index is 0.231. The van der Waals surface area contributed by atoms with Crippen molar-refractivity contribution in [1.82, 2.24) is 14.8 Å². The Kier molecular flexibility index (Phi) is 11.1. The number of para-hydroxylation sites is 1. The summed E-state index contributed by atoms with van der Waals surface area (Å²) in [5.41, 5.74) is 2.94. The molecule has 3 aromatic carbocycles. The van der Waals surface area contributed by atoms with Gasteiger partial charge in [0.1, 0.15) is 18.2 Å². The third kappa shape index (κ3) is 9.02. The van der Waals surface area contributed by atoms with E-state index in [9.17, 15) is 4.39 Å². The van der Waals surface area contributed by atoms with Gasteiger partial charge in [0.2, 0.25) is 0 Å². The molecule has 0 spiro atoms. The number of nitrogens with one attached hydrogen (secondary N) is 1. The average Bonchev–Trinajstić information content (AvgIpc) is 3.39. The fourth-order valence-electron chi connectivity index (χ4n) is 5.26. The predicted molar refractivity (Wildman–Crippen MR) is 162 cm³/mol. The van der Waals surface area contributed by atoms with Gasteiger partial charge in [-0.2, -0.15) is 0 Å². The van der Waals surface area contributed by atoms with Gasteiger partial charge in [-0.05, 0) is 66.4 Å². The molecule has 0 atom stereocenters. The quantitative estimate of drug-likeness (QED) is 0.171. The number of aromatic nitrogens is 1.